The van der Waals surface area contributed by atoms with Crippen LogP contribution in [0.5, 0.6) is 0 Å². The molecule has 0 aliphatic heterocycles. The SMILES string of the molecule is CCNC(=NCCOC)NCCSC. The summed E-state index contributed by atoms with van der Waals surface area (Å²) in [4.78, 5) is 4.34. The van der Waals surface area contributed by atoms with Gasteiger partial charge in [0, 0.05) is 26.0 Å². The molecule has 0 aromatic carbocycles. The van der Waals surface area contributed by atoms with Gasteiger partial charge in [-0.1, -0.05) is 0 Å². The van der Waals surface area contributed by atoms with Crippen LogP contribution >= 0.6 is 11.8 Å². The molecule has 0 aliphatic carbocycles. The van der Waals surface area contributed by atoms with Crippen LogP contribution in [0.25, 0.3) is 0 Å². The Morgan fingerprint density at radius 3 is 2.79 bits per heavy atom. The normalized spacial score (nSPS) is 11.5. The maximum atomic E-state index is 4.93. The minimum absolute atomic E-state index is 0.666. The van der Waals surface area contributed by atoms with Crippen molar-refractivity contribution in [3.63, 3.8) is 0 Å². The fourth-order valence-electron chi connectivity index (χ4n) is 0.862. The molecule has 4 nitrogen and oxygen atoms in total. The fraction of sp³-hybridized carbons (Fsp3) is 0.889. The first-order valence-corrected chi connectivity index (χ1v) is 6.24. The highest BCUT2D eigenvalue weighted by Crippen LogP contribution is 1.87. The van der Waals surface area contributed by atoms with E-state index < -0.39 is 0 Å². The van der Waals surface area contributed by atoms with E-state index in [0.717, 1.165) is 24.8 Å². The lowest BCUT2D eigenvalue weighted by atomic mass is 10.6. The molecule has 0 atom stereocenters. The van der Waals surface area contributed by atoms with Crippen molar-refractivity contribution in [1.29, 1.82) is 0 Å². The molecule has 0 spiro atoms. The molecule has 0 rings (SSSR count). The van der Waals surface area contributed by atoms with Crippen LogP contribution in [0.2, 0.25) is 0 Å². The number of nitrogens with zero attached hydrogens (tertiary/aromatic N) is 1. The lowest BCUT2D eigenvalue weighted by molar-refractivity contribution is 0.208. The zero-order valence-corrected chi connectivity index (χ0v) is 10.1. The summed E-state index contributed by atoms with van der Waals surface area (Å²) in [6, 6.07) is 0. The van der Waals surface area contributed by atoms with Crippen LogP contribution in [-0.4, -0.2) is 51.3 Å². The van der Waals surface area contributed by atoms with Crippen LogP contribution in [0.3, 0.4) is 0 Å². The molecule has 0 bridgehead atoms. The number of rotatable bonds is 7. The lowest BCUT2D eigenvalue weighted by Crippen LogP contribution is -2.38. The molecular weight excluding hydrogens is 198 g/mol. The highest BCUT2D eigenvalue weighted by Gasteiger charge is 1.94. The van der Waals surface area contributed by atoms with E-state index in [1.807, 2.05) is 11.8 Å². The average Bonchev–Trinajstić information content (AvgIpc) is 2.18. The molecule has 14 heavy (non-hydrogen) atoms. The maximum absolute atomic E-state index is 4.93. The number of guanidine groups is 1. The Bertz CT molecular complexity index is 153. The van der Waals surface area contributed by atoms with Crippen LogP contribution in [0.15, 0.2) is 4.99 Å². The van der Waals surface area contributed by atoms with Crippen LogP contribution in [-0.2, 0) is 4.74 Å². The third-order valence-corrected chi connectivity index (χ3v) is 2.12. The van der Waals surface area contributed by atoms with Crippen molar-refractivity contribution in [2.24, 2.45) is 4.99 Å². The Hall–Kier alpha value is -0.420. The van der Waals surface area contributed by atoms with E-state index in [2.05, 4.69) is 28.8 Å². The van der Waals surface area contributed by atoms with Gasteiger partial charge in [0.1, 0.15) is 0 Å². The molecule has 0 aromatic rings. The molecule has 5 heteroatoms. The molecule has 0 saturated carbocycles. The number of nitrogens with one attached hydrogen (secondary N) is 2. The van der Waals surface area contributed by atoms with Gasteiger partial charge < -0.3 is 15.4 Å². The van der Waals surface area contributed by atoms with Crippen molar-refractivity contribution in [2.45, 2.75) is 6.92 Å². The van der Waals surface area contributed by atoms with E-state index in [0.29, 0.717) is 13.2 Å². The minimum Gasteiger partial charge on any atom is -0.383 e. The predicted octanol–water partition coefficient (Wildman–Crippen LogP) is 0.551. The van der Waals surface area contributed by atoms with E-state index in [-0.39, 0.29) is 0 Å². The quantitative estimate of drug-likeness (QED) is 0.373. The predicted molar refractivity (Wildman–Crippen MR) is 64.2 cm³/mol. The summed E-state index contributed by atoms with van der Waals surface area (Å²) in [6.07, 6.45) is 2.09. The Balaban J connectivity index is 3.69. The number of ether oxygens (including phenoxy) is 1. The molecule has 0 aromatic heterocycles. The molecule has 0 saturated heterocycles. The number of methoxy groups -OCH3 is 1. The largest absolute Gasteiger partial charge is 0.383 e. The summed E-state index contributed by atoms with van der Waals surface area (Å²) >= 11 is 1.82. The third-order valence-electron chi connectivity index (χ3n) is 1.51. The van der Waals surface area contributed by atoms with Crippen molar-refractivity contribution in [1.82, 2.24) is 10.6 Å². The van der Waals surface area contributed by atoms with Crippen LogP contribution < -0.4 is 10.6 Å². The summed E-state index contributed by atoms with van der Waals surface area (Å²) in [7, 11) is 1.68. The molecule has 0 aliphatic rings. The van der Waals surface area contributed by atoms with Gasteiger partial charge in [0.15, 0.2) is 5.96 Å². The summed E-state index contributed by atoms with van der Waals surface area (Å²) in [6.45, 7) is 5.25. The molecule has 84 valence electrons. The Morgan fingerprint density at radius 1 is 1.43 bits per heavy atom. The Labute approximate surface area is 90.9 Å². The number of hydrogen-bond donors (Lipinski definition) is 2. The van der Waals surface area contributed by atoms with E-state index in [1.165, 1.54) is 0 Å². The summed E-state index contributed by atoms with van der Waals surface area (Å²) in [5, 5.41) is 6.42. The van der Waals surface area contributed by atoms with Gasteiger partial charge in [-0.2, -0.15) is 11.8 Å². The Kier molecular flexibility index (Phi) is 10.3. The van der Waals surface area contributed by atoms with E-state index in [1.54, 1.807) is 7.11 Å². The van der Waals surface area contributed by atoms with Gasteiger partial charge in [-0.25, -0.2) is 0 Å². The van der Waals surface area contributed by atoms with Crippen LogP contribution in [0.4, 0.5) is 0 Å². The fourth-order valence-corrected chi connectivity index (χ4v) is 1.17. The number of hydrogen-bond acceptors (Lipinski definition) is 3. The second-order valence-corrected chi connectivity index (χ2v) is 3.66. The highest BCUT2D eigenvalue weighted by molar-refractivity contribution is 7.98. The van der Waals surface area contributed by atoms with Crippen LogP contribution in [0.1, 0.15) is 6.92 Å². The van der Waals surface area contributed by atoms with Gasteiger partial charge >= 0.3 is 0 Å². The van der Waals surface area contributed by atoms with Gasteiger partial charge in [0.25, 0.3) is 0 Å². The van der Waals surface area contributed by atoms with Gasteiger partial charge in [-0.15, -0.1) is 0 Å². The monoisotopic (exact) mass is 219 g/mol. The smallest absolute Gasteiger partial charge is 0.191 e. The van der Waals surface area contributed by atoms with Gasteiger partial charge in [-0.05, 0) is 13.2 Å². The van der Waals surface area contributed by atoms with Crippen molar-refractivity contribution in [2.75, 3.05) is 45.4 Å². The van der Waals surface area contributed by atoms with Gasteiger partial charge in [0.05, 0.1) is 13.2 Å². The maximum Gasteiger partial charge on any atom is 0.191 e. The highest BCUT2D eigenvalue weighted by atomic mass is 32.2. The number of aliphatic imine (C=N–C) groups is 1. The second-order valence-electron chi connectivity index (χ2n) is 2.67. The first-order valence-electron chi connectivity index (χ1n) is 4.85. The first kappa shape index (κ1) is 13.6. The first-order chi connectivity index (χ1) is 6.85. The van der Waals surface area contributed by atoms with Gasteiger partial charge in [0.2, 0.25) is 0 Å². The third kappa shape index (κ3) is 8.19. The lowest BCUT2D eigenvalue weighted by Gasteiger charge is -2.10. The molecule has 2 N–H and O–H groups in total. The van der Waals surface area contributed by atoms with E-state index >= 15 is 0 Å². The van der Waals surface area contributed by atoms with Crippen molar-refractivity contribution in [3.05, 3.63) is 0 Å². The van der Waals surface area contributed by atoms with Crippen molar-refractivity contribution in [3.8, 4) is 0 Å². The molecule has 0 unspecified atom stereocenters. The van der Waals surface area contributed by atoms with Gasteiger partial charge in [-0.3, -0.25) is 4.99 Å². The average molecular weight is 219 g/mol. The molecule has 0 heterocycles. The molecular formula is C9H21N3OS. The van der Waals surface area contributed by atoms with Crippen LogP contribution in [0, 0.1) is 0 Å². The topological polar surface area (TPSA) is 45.7 Å². The summed E-state index contributed by atoms with van der Waals surface area (Å²) < 4.78 is 4.93. The Morgan fingerprint density at radius 2 is 2.21 bits per heavy atom. The summed E-state index contributed by atoms with van der Waals surface area (Å²) in [5.74, 6) is 1.97. The second kappa shape index (κ2) is 10.7. The van der Waals surface area contributed by atoms with Crippen molar-refractivity contribution >= 4 is 17.7 Å². The molecule has 0 radical (unpaired) electrons. The molecule has 0 amide bonds. The minimum atomic E-state index is 0.666. The standard InChI is InChI=1S/C9H21N3OS/c1-4-10-9(11-5-7-13-2)12-6-8-14-3/h4-8H2,1-3H3,(H2,10,11,12). The number of thioether (sulfide) groups is 1. The van der Waals surface area contributed by atoms with E-state index in [4.69, 9.17) is 4.74 Å². The van der Waals surface area contributed by atoms with Crippen molar-refractivity contribution < 1.29 is 4.74 Å². The van der Waals surface area contributed by atoms with E-state index in [9.17, 15) is 0 Å². The summed E-state index contributed by atoms with van der Waals surface area (Å²) in [5.41, 5.74) is 0. The molecule has 0 fully saturated rings. The zero-order chi connectivity index (χ0) is 10.6. The zero-order valence-electron chi connectivity index (χ0n) is 9.30.